The van der Waals surface area contributed by atoms with Crippen molar-refractivity contribution in [3.63, 3.8) is 0 Å². The molecule has 0 amide bonds. The van der Waals surface area contributed by atoms with Crippen LogP contribution in [0.1, 0.15) is 31.4 Å². The maximum atomic E-state index is 6.19. The highest BCUT2D eigenvalue weighted by molar-refractivity contribution is 9.10. The summed E-state index contributed by atoms with van der Waals surface area (Å²) in [6.07, 6.45) is 2.32. The van der Waals surface area contributed by atoms with E-state index in [9.17, 15) is 0 Å². The molecule has 1 fully saturated rings. The first-order valence-corrected chi connectivity index (χ1v) is 8.83. The standard InChI is InChI=1S/C16H25BrClN3/c1-3-13-11-20(2)7-4-8-21(13)16(10-19)14-9-12(18)5-6-15(14)17/h5-6,9,13,16H,3-4,7-8,10-11,19H2,1-2H3. The number of nitrogens with zero attached hydrogens (tertiary/aromatic N) is 2. The molecular formula is C16H25BrClN3. The lowest BCUT2D eigenvalue weighted by atomic mass is 10.0. The van der Waals surface area contributed by atoms with Gasteiger partial charge in [-0.05, 0) is 50.2 Å². The Kier molecular flexibility index (Phi) is 6.51. The molecule has 1 heterocycles. The summed E-state index contributed by atoms with van der Waals surface area (Å²) in [5, 5.41) is 0.770. The molecule has 1 aromatic carbocycles. The van der Waals surface area contributed by atoms with Gasteiger partial charge < -0.3 is 10.6 Å². The molecule has 21 heavy (non-hydrogen) atoms. The van der Waals surface area contributed by atoms with Crippen molar-refractivity contribution in [1.82, 2.24) is 9.80 Å². The molecule has 1 aliphatic rings. The molecule has 2 N–H and O–H groups in total. The maximum absolute atomic E-state index is 6.19. The van der Waals surface area contributed by atoms with E-state index >= 15 is 0 Å². The van der Waals surface area contributed by atoms with Crippen molar-refractivity contribution >= 4 is 27.5 Å². The van der Waals surface area contributed by atoms with E-state index in [1.54, 1.807) is 0 Å². The summed E-state index contributed by atoms with van der Waals surface area (Å²) in [6, 6.07) is 6.73. The Morgan fingerprint density at radius 2 is 2.19 bits per heavy atom. The van der Waals surface area contributed by atoms with Crippen molar-refractivity contribution in [2.24, 2.45) is 5.73 Å². The molecule has 1 aromatic rings. The third kappa shape index (κ3) is 4.20. The molecule has 0 aliphatic carbocycles. The first-order valence-electron chi connectivity index (χ1n) is 7.66. The maximum Gasteiger partial charge on any atom is 0.0485 e. The van der Waals surface area contributed by atoms with Gasteiger partial charge in [-0.3, -0.25) is 4.90 Å². The Morgan fingerprint density at radius 1 is 1.43 bits per heavy atom. The van der Waals surface area contributed by atoms with Crippen LogP contribution >= 0.6 is 27.5 Å². The average molecular weight is 375 g/mol. The predicted octanol–water partition coefficient (Wildman–Crippen LogP) is 3.52. The van der Waals surface area contributed by atoms with Crippen molar-refractivity contribution in [1.29, 1.82) is 0 Å². The van der Waals surface area contributed by atoms with Crippen LogP contribution in [-0.4, -0.2) is 49.1 Å². The largest absolute Gasteiger partial charge is 0.329 e. The highest BCUT2D eigenvalue weighted by atomic mass is 79.9. The van der Waals surface area contributed by atoms with Crippen molar-refractivity contribution in [3.8, 4) is 0 Å². The van der Waals surface area contributed by atoms with Gasteiger partial charge in [0, 0.05) is 41.2 Å². The monoisotopic (exact) mass is 373 g/mol. The van der Waals surface area contributed by atoms with Crippen LogP contribution in [0.25, 0.3) is 0 Å². The van der Waals surface area contributed by atoms with Crippen LogP contribution in [0.2, 0.25) is 5.02 Å². The molecule has 1 aliphatic heterocycles. The van der Waals surface area contributed by atoms with E-state index in [-0.39, 0.29) is 6.04 Å². The number of likely N-dealkylation sites (N-methyl/N-ethyl adjacent to an activating group) is 1. The smallest absolute Gasteiger partial charge is 0.0485 e. The lowest BCUT2D eigenvalue weighted by molar-refractivity contribution is 0.130. The van der Waals surface area contributed by atoms with Crippen LogP contribution in [0.3, 0.4) is 0 Å². The van der Waals surface area contributed by atoms with Crippen LogP contribution in [0.15, 0.2) is 22.7 Å². The minimum absolute atomic E-state index is 0.217. The Bertz CT molecular complexity index is 469. The van der Waals surface area contributed by atoms with Gasteiger partial charge in [-0.25, -0.2) is 0 Å². The lowest BCUT2D eigenvalue weighted by Crippen LogP contribution is -2.44. The fourth-order valence-corrected chi connectivity index (χ4v) is 3.94. The van der Waals surface area contributed by atoms with Crippen LogP contribution < -0.4 is 5.73 Å². The molecule has 2 rings (SSSR count). The molecule has 118 valence electrons. The summed E-state index contributed by atoms with van der Waals surface area (Å²) in [5.41, 5.74) is 7.34. The summed E-state index contributed by atoms with van der Waals surface area (Å²) in [7, 11) is 2.21. The number of rotatable bonds is 4. The van der Waals surface area contributed by atoms with E-state index in [0.717, 1.165) is 35.6 Å². The second-order valence-electron chi connectivity index (χ2n) is 5.83. The molecule has 0 aromatic heterocycles. The summed E-state index contributed by atoms with van der Waals surface area (Å²) in [4.78, 5) is 4.99. The molecule has 0 bridgehead atoms. The Morgan fingerprint density at radius 3 is 2.86 bits per heavy atom. The highest BCUT2D eigenvalue weighted by Crippen LogP contribution is 2.32. The zero-order chi connectivity index (χ0) is 15.4. The van der Waals surface area contributed by atoms with Gasteiger partial charge in [0.25, 0.3) is 0 Å². The average Bonchev–Trinajstić information content (AvgIpc) is 2.65. The van der Waals surface area contributed by atoms with E-state index in [1.165, 1.54) is 12.0 Å². The van der Waals surface area contributed by atoms with Gasteiger partial charge >= 0.3 is 0 Å². The molecule has 2 atom stereocenters. The van der Waals surface area contributed by atoms with E-state index < -0.39 is 0 Å². The summed E-state index contributed by atoms with van der Waals surface area (Å²) in [6.45, 7) is 6.21. The van der Waals surface area contributed by atoms with Crippen LogP contribution in [0.5, 0.6) is 0 Å². The van der Waals surface area contributed by atoms with Gasteiger partial charge in [-0.2, -0.15) is 0 Å². The fraction of sp³-hybridized carbons (Fsp3) is 0.625. The Labute approximate surface area is 141 Å². The topological polar surface area (TPSA) is 32.5 Å². The molecule has 1 saturated heterocycles. The molecule has 0 radical (unpaired) electrons. The summed E-state index contributed by atoms with van der Waals surface area (Å²) in [5.74, 6) is 0. The number of benzene rings is 1. The fourth-order valence-electron chi connectivity index (χ4n) is 3.25. The van der Waals surface area contributed by atoms with Gasteiger partial charge in [-0.15, -0.1) is 0 Å². The highest BCUT2D eigenvalue weighted by Gasteiger charge is 2.29. The third-order valence-electron chi connectivity index (χ3n) is 4.36. The predicted molar refractivity (Wildman–Crippen MR) is 93.8 cm³/mol. The second kappa shape index (κ2) is 7.93. The van der Waals surface area contributed by atoms with Gasteiger partial charge in [0.15, 0.2) is 0 Å². The zero-order valence-electron chi connectivity index (χ0n) is 12.9. The lowest BCUT2D eigenvalue weighted by Gasteiger charge is -2.37. The Hall–Kier alpha value is -0.130. The van der Waals surface area contributed by atoms with E-state index in [0.29, 0.717) is 12.6 Å². The molecule has 0 saturated carbocycles. The van der Waals surface area contributed by atoms with Crippen molar-refractivity contribution < 1.29 is 0 Å². The van der Waals surface area contributed by atoms with Gasteiger partial charge in [0.1, 0.15) is 0 Å². The number of nitrogens with two attached hydrogens (primary N) is 1. The molecule has 3 nitrogen and oxygen atoms in total. The normalized spacial score (nSPS) is 23.0. The zero-order valence-corrected chi connectivity index (χ0v) is 15.2. The van der Waals surface area contributed by atoms with Crippen molar-refractivity contribution in [2.45, 2.75) is 31.8 Å². The first-order chi connectivity index (χ1) is 10.1. The van der Waals surface area contributed by atoms with Crippen molar-refractivity contribution in [3.05, 3.63) is 33.3 Å². The summed E-state index contributed by atoms with van der Waals surface area (Å²) >= 11 is 9.85. The molecular weight excluding hydrogens is 350 g/mol. The van der Waals surface area contributed by atoms with E-state index in [2.05, 4.69) is 39.7 Å². The first kappa shape index (κ1) is 17.2. The number of hydrogen-bond donors (Lipinski definition) is 1. The second-order valence-corrected chi connectivity index (χ2v) is 7.12. The number of halogens is 2. The number of hydrogen-bond acceptors (Lipinski definition) is 3. The third-order valence-corrected chi connectivity index (χ3v) is 5.32. The quantitative estimate of drug-likeness (QED) is 0.875. The molecule has 2 unspecified atom stereocenters. The van der Waals surface area contributed by atoms with Gasteiger partial charge in [-0.1, -0.05) is 34.5 Å². The van der Waals surface area contributed by atoms with E-state index in [1.807, 2.05) is 18.2 Å². The summed E-state index contributed by atoms with van der Waals surface area (Å²) < 4.78 is 1.09. The molecule has 0 spiro atoms. The van der Waals surface area contributed by atoms with E-state index in [4.69, 9.17) is 17.3 Å². The van der Waals surface area contributed by atoms with Gasteiger partial charge in [0.2, 0.25) is 0 Å². The SMILES string of the molecule is CCC1CN(C)CCCN1C(CN)c1cc(Cl)ccc1Br. The minimum atomic E-state index is 0.217. The van der Waals surface area contributed by atoms with Gasteiger partial charge in [0.05, 0.1) is 0 Å². The van der Waals surface area contributed by atoms with Crippen LogP contribution in [-0.2, 0) is 0 Å². The van der Waals surface area contributed by atoms with Crippen LogP contribution in [0, 0.1) is 0 Å². The van der Waals surface area contributed by atoms with Crippen LogP contribution in [0.4, 0.5) is 0 Å². The van der Waals surface area contributed by atoms with Crippen molar-refractivity contribution in [2.75, 3.05) is 33.2 Å². The molecule has 5 heteroatoms. The minimum Gasteiger partial charge on any atom is -0.329 e. The Balaban J connectivity index is 2.31.